The van der Waals surface area contributed by atoms with E-state index in [2.05, 4.69) is 25.9 Å². The number of rotatable bonds is 11. The van der Waals surface area contributed by atoms with Gasteiger partial charge in [0.15, 0.2) is 5.96 Å². The summed E-state index contributed by atoms with van der Waals surface area (Å²) in [6.07, 6.45) is 2.02. The van der Waals surface area contributed by atoms with Gasteiger partial charge in [-0.05, 0) is 40.2 Å². The number of ether oxygens (including phenoxy) is 3. The van der Waals surface area contributed by atoms with E-state index in [0.717, 1.165) is 18.5 Å². The zero-order valence-electron chi connectivity index (χ0n) is 18.6. The summed E-state index contributed by atoms with van der Waals surface area (Å²) in [5.74, 6) is 1.25. The molecule has 0 fully saturated rings. The number of hydrogen-bond donors (Lipinski definition) is 3. The lowest BCUT2D eigenvalue weighted by molar-refractivity contribution is 0.0527. The monoisotopic (exact) mass is 537 g/mol. The Morgan fingerprint density at radius 2 is 1.90 bits per heavy atom. The zero-order chi connectivity index (χ0) is 21.5. The molecule has 0 unspecified atom stereocenters. The number of carbonyl (C=O) groups is 1. The highest BCUT2D eigenvalue weighted by atomic mass is 127. The van der Waals surface area contributed by atoms with E-state index >= 15 is 0 Å². The summed E-state index contributed by atoms with van der Waals surface area (Å²) in [6.45, 7) is 10.8. The normalized spacial score (nSPS) is 11.3. The third-order valence-electron chi connectivity index (χ3n) is 3.44. The van der Waals surface area contributed by atoms with Gasteiger partial charge in [0.05, 0.1) is 13.2 Å². The van der Waals surface area contributed by atoms with E-state index in [9.17, 15) is 4.79 Å². The molecule has 1 rings (SSSR count). The van der Waals surface area contributed by atoms with Crippen molar-refractivity contribution in [1.29, 1.82) is 0 Å². The van der Waals surface area contributed by atoms with Crippen LogP contribution in [0.15, 0.2) is 23.3 Å². The number of amides is 1. The molecule has 0 saturated heterocycles. The number of nitrogens with one attached hydrogen (secondary N) is 3. The van der Waals surface area contributed by atoms with E-state index in [1.807, 2.05) is 39.8 Å². The van der Waals surface area contributed by atoms with E-state index in [-0.39, 0.29) is 24.0 Å². The van der Waals surface area contributed by atoms with E-state index < -0.39 is 11.7 Å². The summed E-state index contributed by atoms with van der Waals surface area (Å²) in [5.41, 5.74) is 0.401. The van der Waals surface area contributed by atoms with Crippen molar-refractivity contribution < 1.29 is 19.0 Å². The first-order chi connectivity index (χ1) is 13.9. The molecule has 1 heterocycles. The quantitative estimate of drug-likeness (QED) is 0.173. The van der Waals surface area contributed by atoms with Gasteiger partial charge in [-0.2, -0.15) is 0 Å². The fraction of sp³-hybridized carbons (Fsp3) is 0.650. The van der Waals surface area contributed by atoms with Crippen LogP contribution in [0.4, 0.5) is 4.79 Å². The molecule has 10 heteroatoms. The number of alkyl carbamates (subject to hydrolysis) is 1. The summed E-state index contributed by atoms with van der Waals surface area (Å²) in [5, 5.41) is 9.19. The summed E-state index contributed by atoms with van der Waals surface area (Å²) >= 11 is 0. The second kappa shape index (κ2) is 15.9. The van der Waals surface area contributed by atoms with Crippen molar-refractivity contribution in [3.8, 4) is 5.88 Å². The minimum Gasteiger partial charge on any atom is -0.475 e. The van der Waals surface area contributed by atoms with Crippen LogP contribution in [-0.2, 0) is 16.0 Å². The maximum absolute atomic E-state index is 11.6. The van der Waals surface area contributed by atoms with Gasteiger partial charge < -0.3 is 30.2 Å². The topological polar surface area (TPSA) is 106 Å². The molecule has 172 valence electrons. The molecule has 0 aromatic carbocycles. The average molecular weight is 537 g/mol. The van der Waals surface area contributed by atoms with Crippen LogP contribution in [0.25, 0.3) is 0 Å². The van der Waals surface area contributed by atoms with Gasteiger partial charge in [0.25, 0.3) is 0 Å². The largest absolute Gasteiger partial charge is 0.475 e. The highest BCUT2D eigenvalue weighted by molar-refractivity contribution is 14.0. The third kappa shape index (κ3) is 13.4. The van der Waals surface area contributed by atoms with Crippen LogP contribution >= 0.6 is 24.0 Å². The van der Waals surface area contributed by atoms with Gasteiger partial charge in [0, 0.05) is 38.5 Å². The first-order valence-electron chi connectivity index (χ1n) is 9.90. The molecule has 3 N–H and O–H groups in total. The van der Waals surface area contributed by atoms with Gasteiger partial charge in [0.1, 0.15) is 12.2 Å². The molecule has 0 aliphatic heterocycles. The number of aromatic nitrogens is 1. The first kappa shape index (κ1) is 28.2. The summed E-state index contributed by atoms with van der Waals surface area (Å²) in [6, 6.07) is 3.80. The number of nitrogens with zero attached hydrogens (tertiary/aromatic N) is 2. The van der Waals surface area contributed by atoms with Crippen molar-refractivity contribution in [2.45, 2.75) is 46.3 Å². The molecule has 1 aromatic heterocycles. The number of halogens is 1. The molecule has 0 spiro atoms. The lowest BCUT2D eigenvalue weighted by Crippen LogP contribution is -2.39. The smallest absolute Gasteiger partial charge is 0.407 e. The number of aliphatic imine (C=N–C) groups is 1. The highest BCUT2D eigenvalue weighted by Gasteiger charge is 2.15. The second-order valence-corrected chi connectivity index (χ2v) is 7.21. The second-order valence-electron chi connectivity index (χ2n) is 7.21. The number of hydrogen-bond acceptors (Lipinski definition) is 6. The summed E-state index contributed by atoms with van der Waals surface area (Å²) < 4.78 is 15.8. The lowest BCUT2D eigenvalue weighted by Gasteiger charge is -2.19. The SMILES string of the molecule is CCNC(=NCc1cccnc1OCCOC)NCCCNC(=O)OC(C)(C)C.I. The van der Waals surface area contributed by atoms with Crippen molar-refractivity contribution in [1.82, 2.24) is 20.9 Å². The molecule has 30 heavy (non-hydrogen) atoms. The Hall–Kier alpha value is -1.82. The number of guanidine groups is 1. The van der Waals surface area contributed by atoms with E-state index in [1.54, 1.807) is 13.3 Å². The molecule has 0 atom stereocenters. The van der Waals surface area contributed by atoms with Crippen LogP contribution in [0.2, 0.25) is 0 Å². The maximum Gasteiger partial charge on any atom is 0.407 e. The third-order valence-corrected chi connectivity index (χ3v) is 3.44. The first-order valence-corrected chi connectivity index (χ1v) is 9.90. The van der Waals surface area contributed by atoms with Crippen molar-refractivity contribution >= 4 is 36.0 Å². The van der Waals surface area contributed by atoms with Crippen molar-refractivity contribution in [3.63, 3.8) is 0 Å². The van der Waals surface area contributed by atoms with E-state index in [0.29, 0.717) is 44.7 Å². The Labute approximate surface area is 196 Å². The van der Waals surface area contributed by atoms with Crippen LogP contribution in [0.5, 0.6) is 5.88 Å². The predicted octanol–water partition coefficient (Wildman–Crippen LogP) is 2.69. The van der Waals surface area contributed by atoms with Crippen molar-refractivity contribution in [2.75, 3.05) is 40.0 Å². The van der Waals surface area contributed by atoms with Gasteiger partial charge in [-0.25, -0.2) is 14.8 Å². The van der Waals surface area contributed by atoms with Gasteiger partial charge in [0.2, 0.25) is 5.88 Å². The van der Waals surface area contributed by atoms with Gasteiger partial charge in [-0.3, -0.25) is 0 Å². The molecule has 1 amide bonds. The number of pyridine rings is 1. The molecular weight excluding hydrogens is 501 g/mol. The Morgan fingerprint density at radius 3 is 2.57 bits per heavy atom. The Morgan fingerprint density at radius 1 is 1.17 bits per heavy atom. The van der Waals surface area contributed by atoms with Crippen LogP contribution in [0.3, 0.4) is 0 Å². The summed E-state index contributed by atoms with van der Waals surface area (Å²) in [4.78, 5) is 20.5. The van der Waals surface area contributed by atoms with Gasteiger partial charge in [-0.1, -0.05) is 6.07 Å². The minimum atomic E-state index is -0.494. The summed E-state index contributed by atoms with van der Waals surface area (Å²) in [7, 11) is 1.63. The van der Waals surface area contributed by atoms with Crippen molar-refractivity contribution in [3.05, 3.63) is 23.9 Å². The lowest BCUT2D eigenvalue weighted by atomic mass is 10.2. The van der Waals surface area contributed by atoms with Crippen molar-refractivity contribution in [2.24, 2.45) is 4.99 Å². The molecule has 0 aliphatic rings. The molecule has 0 radical (unpaired) electrons. The molecular formula is C20H36IN5O4. The molecule has 0 saturated carbocycles. The zero-order valence-corrected chi connectivity index (χ0v) is 20.9. The molecule has 1 aromatic rings. The molecule has 0 aliphatic carbocycles. The maximum atomic E-state index is 11.6. The fourth-order valence-electron chi connectivity index (χ4n) is 2.20. The Bertz CT molecular complexity index is 638. The fourth-order valence-corrected chi connectivity index (χ4v) is 2.20. The van der Waals surface area contributed by atoms with E-state index in [1.165, 1.54) is 0 Å². The van der Waals surface area contributed by atoms with Crippen LogP contribution < -0.4 is 20.7 Å². The van der Waals surface area contributed by atoms with Crippen LogP contribution in [0, 0.1) is 0 Å². The van der Waals surface area contributed by atoms with Crippen LogP contribution in [-0.4, -0.2) is 62.6 Å². The Kier molecular flexibility index (Phi) is 15.0. The standard InChI is InChI=1S/C20H35N5O4.HI/c1-6-21-18(23-11-8-12-24-19(26)29-20(2,3)4)25-15-16-9-7-10-22-17(16)28-14-13-27-5;/h7,9-10H,6,8,11-15H2,1-5H3,(H,24,26)(H2,21,23,25);1H. The Balaban J connectivity index is 0.00000841. The van der Waals surface area contributed by atoms with Crippen LogP contribution in [0.1, 0.15) is 39.7 Å². The highest BCUT2D eigenvalue weighted by Crippen LogP contribution is 2.15. The molecule has 0 bridgehead atoms. The van der Waals surface area contributed by atoms with E-state index in [4.69, 9.17) is 14.2 Å². The minimum absolute atomic E-state index is 0. The number of methoxy groups -OCH3 is 1. The number of carbonyl (C=O) groups excluding carboxylic acids is 1. The van der Waals surface area contributed by atoms with Gasteiger partial charge >= 0.3 is 6.09 Å². The molecule has 9 nitrogen and oxygen atoms in total. The predicted molar refractivity (Wildman–Crippen MR) is 129 cm³/mol. The van der Waals surface area contributed by atoms with Gasteiger partial charge in [-0.15, -0.1) is 24.0 Å². The average Bonchev–Trinajstić information content (AvgIpc) is 2.65.